The Hall–Kier alpha value is -0.780. The van der Waals surface area contributed by atoms with E-state index in [-0.39, 0.29) is 18.6 Å². The molecule has 0 bridgehead atoms. The molecule has 1 amide bonds. The molecule has 1 N–H and O–H groups in total. The van der Waals surface area contributed by atoms with Crippen LogP contribution in [0, 0.1) is 0 Å². The van der Waals surface area contributed by atoms with Crippen LogP contribution < -0.4 is 4.74 Å². The molecule has 0 aliphatic heterocycles. The molecule has 0 aromatic heterocycles. The van der Waals surface area contributed by atoms with E-state index >= 15 is 0 Å². The molecule has 106 valence electrons. The zero-order valence-electron chi connectivity index (χ0n) is 11.1. The Balaban J connectivity index is 2.73. The van der Waals surface area contributed by atoms with Crippen LogP contribution in [-0.2, 0) is 4.79 Å². The number of hydrogen-bond donors (Lipinski definition) is 1. The summed E-state index contributed by atoms with van der Waals surface area (Å²) < 4.78 is 6.29. The van der Waals surface area contributed by atoms with Crippen LogP contribution in [0.25, 0.3) is 0 Å². The van der Waals surface area contributed by atoms with E-state index in [0.29, 0.717) is 15.2 Å². The number of carbonyl (C=O) groups is 1. The van der Waals surface area contributed by atoms with Gasteiger partial charge in [-0.25, -0.2) is 0 Å². The van der Waals surface area contributed by atoms with Gasteiger partial charge in [0, 0.05) is 12.1 Å². The van der Waals surface area contributed by atoms with Crippen LogP contribution in [-0.4, -0.2) is 41.7 Å². The molecule has 0 radical (unpaired) electrons. The lowest BCUT2D eigenvalue weighted by Crippen LogP contribution is -2.44. The van der Waals surface area contributed by atoms with Crippen LogP contribution in [0.4, 0.5) is 0 Å². The average molecular weight is 351 g/mol. The second-order valence-corrected chi connectivity index (χ2v) is 5.61. The molecule has 0 saturated carbocycles. The van der Waals surface area contributed by atoms with E-state index in [9.17, 15) is 4.79 Å². The lowest BCUT2D eigenvalue weighted by molar-refractivity contribution is -0.139. The lowest BCUT2D eigenvalue weighted by Gasteiger charge is -2.26. The topological polar surface area (TPSA) is 49.8 Å². The number of aliphatic hydroxyl groups is 1. The first-order valence-electron chi connectivity index (χ1n) is 5.86. The van der Waals surface area contributed by atoms with E-state index in [4.69, 9.17) is 21.4 Å². The first-order chi connectivity index (χ1) is 8.86. The Labute approximate surface area is 126 Å². The fourth-order valence-corrected chi connectivity index (χ4v) is 2.21. The van der Waals surface area contributed by atoms with Crippen LogP contribution in [0.1, 0.15) is 13.8 Å². The smallest absolute Gasteiger partial charge is 0.263 e. The first kappa shape index (κ1) is 16.3. The lowest BCUT2D eigenvalue weighted by atomic mass is 10.2. The molecule has 1 rings (SSSR count). The van der Waals surface area contributed by atoms with Crippen LogP contribution in [0.15, 0.2) is 22.7 Å². The van der Waals surface area contributed by atoms with E-state index in [1.807, 2.05) is 0 Å². The van der Waals surface area contributed by atoms with E-state index in [1.54, 1.807) is 39.1 Å². The van der Waals surface area contributed by atoms with Crippen molar-refractivity contribution >= 4 is 33.4 Å². The van der Waals surface area contributed by atoms with Crippen molar-refractivity contribution in [1.29, 1.82) is 0 Å². The maximum absolute atomic E-state index is 12.1. The highest BCUT2D eigenvalue weighted by molar-refractivity contribution is 9.10. The molecule has 19 heavy (non-hydrogen) atoms. The average Bonchev–Trinajstić information content (AvgIpc) is 2.39. The second kappa shape index (κ2) is 7.12. The van der Waals surface area contributed by atoms with Gasteiger partial charge in [-0.05, 0) is 48.0 Å². The number of rotatable bonds is 5. The van der Waals surface area contributed by atoms with Crippen LogP contribution in [0.3, 0.4) is 0 Å². The molecule has 2 unspecified atom stereocenters. The quantitative estimate of drug-likeness (QED) is 0.888. The number of likely N-dealkylation sites (N-methyl/N-ethyl adjacent to an activating group) is 1. The largest absolute Gasteiger partial charge is 0.480 e. The van der Waals surface area contributed by atoms with Crippen LogP contribution in [0.5, 0.6) is 5.75 Å². The highest BCUT2D eigenvalue weighted by Crippen LogP contribution is 2.28. The molecule has 2 atom stereocenters. The standard InChI is InChI=1S/C13H17BrClNO3/c1-8(7-17)16(3)13(18)9(2)19-12-5-4-10(15)6-11(12)14/h4-6,8-9,17H,7H2,1-3H3. The fourth-order valence-electron chi connectivity index (χ4n) is 1.44. The number of ether oxygens (including phenoxy) is 1. The minimum atomic E-state index is -0.642. The van der Waals surface area contributed by atoms with Crippen molar-refractivity contribution in [2.75, 3.05) is 13.7 Å². The number of halogens is 2. The molecule has 1 aromatic carbocycles. The number of amides is 1. The summed E-state index contributed by atoms with van der Waals surface area (Å²) in [6.07, 6.45) is -0.642. The van der Waals surface area contributed by atoms with E-state index in [2.05, 4.69) is 15.9 Å². The first-order valence-corrected chi connectivity index (χ1v) is 7.03. The minimum absolute atomic E-state index is 0.0837. The summed E-state index contributed by atoms with van der Waals surface area (Å²) in [5, 5.41) is 9.63. The summed E-state index contributed by atoms with van der Waals surface area (Å²) >= 11 is 9.17. The zero-order valence-corrected chi connectivity index (χ0v) is 13.4. The molecule has 0 heterocycles. The Kier molecular flexibility index (Phi) is 6.10. The van der Waals surface area contributed by atoms with Gasteiger partial charge in [0.2, 0.25) is 0 Å². The molecule has 1 aromatic rings. The van der Waals surface area contributed by atoms with Crippen molar-refractivity contribution in [2.45, 2.75) is 26.0 Å². The van der Waals surface area contributed by atoms with Crippen molar-refractivity contribution in [1.82, 2.24) is 4.90 Å². The summed E-state index contributed by atoms with van der Waals surface area (Å²) in [6.45, 7) is 3.35. The molecular weight excluding hydrogens is 334 g/mol. The van der Waals surface area contributed by atoms with E-state index < -0.39 is 6.10 Å². The summed E-state index contributed by atoms with van der Waals surface area (Å²) in [4.78, 5) is 13.5. The third-order valence-electron chi connectivity index (χ3n) is 2.82. The van der Waals surface area contributed by atoms with Gasteiger partial charge in [-0.3, -0.25) is 4.79 Å². The summed E-state index contributed by atoms with van der Waals surface area (Å²) in [5.74, 6) is 0.360. The summed E-state index contributed by atoms with van der Waals surface area (Å²) in [6, 6.07) is 4.85. The van der Waals surface area contributed by atoms with E-state index in [0.717, 1.165) is 0 Å². The highest BCUT2D eigenvalue weighted by atomic mass is 79.9. The highest BCUT2D eigenvalue weighted by Gasteiger charge is 2.23. The predicted octanol–water partition coefficient (Wildman–Crippen LogP) is 2.71. The number of hydrogen-bond acceptors (Lipinski definition) is 3. The fraction of sp³-hybridized carbons (Fsp3) is 0.462. The summed E-state index contributed by atoms with van der Waals surface area (Å²) in [7, 11) is 1.64. The van der Waals surface area contributed by atoms with Gasteiger partial charge in [-0.2, -0.15) is 0 Å². The van der Waals surface area contributed by atoms with Crippen molar-refractivity contribution in [2.24, 2.45) is 0 Å². The summed E-state index contributed by atoms with van der Waals surface area (Å²) in [5.41, 5.74) is 0. The van der Waals surface area contributed by atoms with Gasteiger partial charge in [0.1, 0.15) is 5.75 Å². The van der Waals surface area contributed by atoms with Crippen LogP contribution in [0.2, 0.25) is 5.02 Å². The van der Waals surface area contributed by atoms with Gasteiger partial charge in [0.05, 0.1) is 17.1 Å². The third-order valence-corrected chi connectivity index (χ3v) is 3.67. The number of aliphatic hydroxyl groups excluding tert-OH is 1. The maximum atomic E-state index is 12.1. The molecule has 0 saturated heterocycles. The number of nitrogens with zero attached hydrogens (tertiary/aromatic N) is 1. The second-order valence-electron chi connectivity index (χ2n) is 4.32. The van der Waals surface area contributed by atoms with Crippen molar-refractivity contribution < 1.29 is 14.6 Å². The molecule has 6 heteroatoms. The molecule has 4 nitrogen and oxygen atoms in total. The van der Waals surface area contributed by atoms with Crippen molar-refractivity contribution in [3.05, 3.63) is 27.7 Å². The molecule has 0 aliphatic rings. The Morgan fingerprint density at radius 2 is 2.16 bits per heavy atom. The Morgan fingerprint density at radius 3 is 2.68 bits per heavy atom. The van der Waals surface area contributed by atoms with Gasteiger partial charge in [-0.1, -0.05) is 11.6 Å². The molecule has 0 fully saturated rings. The normalized spacial score (nSPS) is 13.8. The van der Waals surface area contributed by atoms with Gasteiger partial charge >= 0.3 is 0 Å². The van der Waals surface area contributed by atoms with Gasteiger partial charge in [0.25, 0.3) is 5.91 Å². The van der Waals surface area contributed by atoms with Gasteiger partial charge < -0.3 is 14.7 Å². The van der Waals surface area contributed by atoms with Gasteiger partial charge in [-0.15, -0.1) is 0 Å². The zero-order chi connectivity index (χ0) is 14.6. The van der Waals surface area contributed by atoms with Crippen molar-refractivity contribution in [3.63, 3.8) is 0 Å². The molecule has 0 aliphatic carbocycles. The van der Waals surface area contributed by atoms with Crippen molar-refractivity contribution in [3.8, 4) is 5.75 Å². The van der Waals surface area contributed by atoms with Gasteiger partial charge in [0.15, 0.2) is 6.10 Å². The van der Waals surface area contributed by atoms with E-state index in [1.165, 1.54) is 4.90 Å². The predicted molar refractivity (Wildman–Crippen MR) is 78.6 cm³/mol. The number of benzene rings is 1. The molecular formula is C13H17BrClNO3. The molecule has 0 spiro atoms. The monoisotopic (exact) mass is 349 g/mol. The SMILES string of the molecule is CC(Oc1ccc(Cl)cc1Br)C(=O)N(C)C(C)CO. The minimum Gasteiger partial charge on any atom is -0.480 e. The Morgan fingerprint density at radius 1 is 1.53 bits per heavy atom. The number of carbonyl (C=O) groups excluding carboxylic acids is 1. The van der Waals surface area contributed by atoms with Crippen LogP contribution >= 0.6 is 27.5 Å². The maximum Gasteiger partial charge on any atom is 0.263 e. The Bertz CT molecular complexity index is 456. The third kappa shape index (κ3) is 4.37.